The fraction of sp³-hybridized carbons (Fsp3) is 0.100. The van der Waals surface area contributed by atoms with E-state index in [1.807, 2.05) is 0 Å². The lowest BCUT2D eigenvalue weighted by atomic mass is 10.0. The van der Waals surface area contributed by atoms with Crippen molar-refractivity contribution in [2.75, 3.05) is 0 Å². The van der Waals surface area contributed by atoms with E-state index in [4.69, 9.17) is 10.8 Å². The summed E-state index contributed by atoms with van der Waals surface area (Å²) in [5, 5.41) is 8.78. The standard InChI is InChI=1S/C10H10FNO2/c1-2-9(12)7-4-3-6(11)5-8(7)10(13)14/h2-5,9H,1,12H2,(H,13,14). The molecule has 14 heavy (non-hydrogen) atoms. The van der Waals surface area contributed by atoms with Crippen LogP contribution in [0, 0.1) is 5.82 Å². The van der Waals surface area contributed by atoms with E-state index < -0.39 is 17.8 Å². The highest BCUT2D eigenvalue weighted by Crippen LogP contribution is 2.18. The number of benzene rings is 1. The van der Waals surface area contributed by atoms with Crippen molar-refractivity contribution < 1.29 is 14.3 Å². The number of carboxylic acids is 1. The fourth-order valence-electron chi connectivity index (χ4n) is 1.13. The molecule has 0 amide bonds. The second-order valence-corrected chi connectivity index (χ2v) is 2.80. The summed E-state index contributed by atoms with van der Waals surface area (Å²) >= 11 is 0. The van der Waals surface area contributed by atoms with Crippen LogP contribution in [0.5, 0.6) is 0 Å². The Labute approximate surface area is 80.7 Å². The van der Waals surface area contributed by atoms with Gasteiger partial charge in [0.2, 0.25) is 0 Å². The van der Waals surface area contributed by atoms with Crippen LogP contribution in [-0.2, 0) is 0 Å². The monoisotopic (exact) mass is 195 g/mol. The van der Waals surface area contributed by atoms with Crippen LogP contribution < -0.4 is 5.73 Å². The Hall–Kier alpha value is -1.68. The van der Waals surface area contributed by atoms with Gasteiger partial charge in [-0.3, -0.25) is 0 Å². The van der Waals surface area contributed by atoms with Gasteiger partial charge in [0.15, 0.2) is 0 Å². The van der Waals surface area contributed by atoms with Crippen LogP contribution in [0.1, 0.15) is 22.0 Å². The van der Waals surface area contributed by atoms with E-state index in [1.54, 1.807) is 0 Å². The zero-order chi connectivity index (χ0) is 10.7. The van der Waals surface area contributed by atoms with E-state index in [0.29, 0.717) is 5.56 Å². The highest BCUT2D eigenvalue weighted by Gasteiger charge is 2.14. The van der Waals surface area contributed by atoms with Crippen LogP contribution in [0.15, 0.2) is 30.9 Å². The van der Waals surface area contributed by atoms with Crippen molar-refractivity contribution in [3.05, 3.63) is 47.8 Å². The van der Waals surface area contributed by atoms with Crippen LogP contribution in [0.2, 0.25) is 0 Å². The average molecular weight is 195 g/mol. The molecule has 0 heterocycles. The molecule has 0 aliphatic carbocycles. The van der Waals surface area contributed by atoms with E-state index in [2.05, 4.69) is 6.58 Å². The molecule has 3 nitrogen and oxygen atoms in total. The summed E-state index contributed by atoms with van der Waals surface area (Å²) < 4.78 is 12.7. The molecular formula is C10H10FNO2. The second kappa shape index (κ2) is 4.02. The summed E-state index contributed by atoms with van der Waals surface area (Å²) in [4.78, 5) is 10.7. The van der Waals surface area contributed by atoms with Crippen molar-refractivity contribution in [1.82, 2.24) is 0 Å². The molecule has 0 fully saturated rings. The van der Waals surface area contributed by atoms with Gasteiger partial charge in [-0.05, 0) is 17.7 Å². The van der Waals surface area contributed by atoms with Crippen molar-refractivity contribution in [1.29, 1.82) is 0 Å². The lowest BCUT2D eigenvalue weighted by Crippen LogP contribution is -2.12. The predicted octanol–water partition coefficient (Wildman–Crippen LogP) is 1.71. The first-order valence-corrected chi connectivity index (χ1v) is 3.97. The van der Waals surface area contributed by atoms with Gasteiger partial charge in [-0.25, -0.2) is 9.18 Å². The van der Waals surface area contributed by atoms with E-state index in [-0.39, 0.29) is 5.56 Å². The van der Waals surface area contributed by atoms with Crippen molar-refractivity contribution in [3.8, 4) is 0 Å². The first-order valence-electron chi connectivity index (χ1n) is 3.97. The van der Waals surface area contributed by atoms with Gasteiger partial charge in [0.05, 0.1) is 5.56 Å². The number of rotatable bonds is 3. The lowest BCUT2D eigenvalue weighted by molar-refractivity contribution is 0.0695. The zero-order valence-electron chi connectivity index (χ0n) is 7.40. The topological polar surface area (TPSA) is 63.3 Å². The van der Waals surface area contributed by atoms with Gasteiger partial charge >= 0.3 is 5.97 Å². The van der Waals surface area contributed by atoms with Gasteiger partial charge in [0.1, 0.15) is 5.82 Å². The normalized spacial score (nSPS) is 12.1. The summed E-state index contributed by atoms with van der Waals surface area (Å²) in [6.45, 7) is 3.45. The van der Waals surface area contributed by atoms with Gasteiger partial charge < -0.3 is 10.8 Å². The maximum absolute atomic E-state index is 12.7. The van der Waals surface area contributed by atoms with Crippen molar-refractivity contribution in [3.63, 3.8) is 0 Å². The molecule has 4 heteroatoms. The van der Waals surface area contributed by atoms with Crippen LogP contribution in [0.3, 0.4) is 0 Å². The Morgan fingerprint density at radius 1 is 1.64 bits per heavy atom. The minimum absolute atomic E-state index is 0.127. The SMILES string of the molecule is C=CC(N)c1ccc(F)cc1C(=O)O. The van der Waals surface area contributed by atoms with E-state index >= 15 is 0 Å². The smallest absolute Gasteiger partial charge is 0.336 e. The molecule has 1 atom stereocenters. The van der Waals surface area contributed by atoms with Crippen molar-refractivity contribution >= 4 is 5.97 Å². The van der Waals surface area contributed by atoms with Crippen molar-refractivity contribution in [2.45, 2.75) is 6.04 Å². The molecule has 0 saturated carbocycles. The molecule has 0 radical (unpaired) electrons. The third-order valence-corrected chi connectivity index (χ3v) is 1.86. The quantitative estimate of drug-likeness (QED) is 0.721. The summed E-state index contributed by atoms with van der Waals surface area (Å²) in [6.07, 6.45) is 1.40. The first kappa shape index (κ1) is 10.4. The Balaban J connectivity index is 3.28. The zero-order valence-corrected chi connectivity index (χ0v) is 7.40. The number of hydrogen-bond acceptors (Lipinski definition) is 2. The van der Waals surface area contributed by atoms with Gasteiger partial charge in [-0.15, -0.1) is 6.58 Å². The number of carbonyl (C=O) groups is 1. The van der Waals surface area contributed by atoms with Crippen LogP contribution in [0.25, 0.3) is 0 Å². The number of carboxylic acid groups (broad SMARTS) is 1. The molecule has 0 aliphatic rings. The number of halogens is 1. The minimum Gasteiger partial charge on any atom is -0.478 e. The van der Waals surface area contributed by atoms with E-state index in [0.717, 1.165) is 6.07 Å². The molecule has 0 aliphatic heterocycles. The molecule has 3 N–H and O–H groups in total. The van der Waals surface area contributed by atoms with E-state index in [9.17, 15) is 9.18 Å². The molecule has 1 unspecified atom stereocenters. The van der Waals surface area contributed by atoms with Gasteiger partial charge in [-0.1, -0.05) is 12.1 Å². The van der Waals surface area contributed by atoms with Crippen LogP contribution in [0.4, 0.5) is 4.39 Å². The molecule has 74 valence electrons. The largest absolute Gasteiger partial charge is 0.478 e. The summed E-state index contributed by atoms with van der Waals surface area (Å²) in [6, 6.07) is 2.87. The Bertz CT molecular complexity index is 376. The Morgan fingerprint density at radius 2 is 2.29 bits per heavy atom. The van der Waals surface area contributed by atoms with Crippen molar-refractivity contribution in [2.24, 2.45) is 5.73 Å². The number of nitrogens with two attached hydrogens (primary N) is 1. The summed E-state index contributed by atoms with van der Waals surface area (Å²) in [5.74, 6) is -1.79. The highest BCUT2D eigenvalue weighted by molar-refractivity contribution is 5.89. The molecule has 0 bridgehead atoms. The second-order valence-electron chi connectivity index (χ2n) is 2.80. The Kier molecular flexibility index (Phi) is 2.99. The third-order valence-electron chi connectivity index (χ3n) is 1.86. The maximum atomic E-state index is 12.7. The highest BCUT2D eigenvalue weighted by atomic mass is 19.1. The number of aromatic carboxylic acids is 1. The van der Waals surface area contributed by atoms with E-state index in [1.165, 1.54) is 18.2 Å². The van der Waals surface area contributed by atoms with Crippen LogP contribution in [-0.4, -0.2) is 11.1 Å². The molecule has 0 spiro atoms. The lowest BCUT2D eigenvalue weighted by Gasteiger charge is -2.09. The van der Waals surface area contributed by atoms with Gasteiger partial charge in [0.25, 0.3) is 0 Å². The minimum atomic E-state index is -1.20. The molecule has 0 aromatic heterocycles. The number of hydrogen-bond donors (Lipinski definition) is 2. The molecular weight excluding hydrogens is 185 g/mol. The van der Waals surface area contributed by atoms with Gasteiger partial charge in [0, 0.05) is 6.04 Å². The average Bonchev–Trinajstić information content (AvgIpc) is 2.16. The first-order chi connectivity index (χ1) is 6.56. The van der Waals surface area contributed by atoms with Crippen LogP contribution >= 0.6 is 0 Å². The molecule has 1 rings (SSSR count). The molecule has 0 saturated heterocycles. The summed E-state index contributed by atoms with van der Waals surface area (Å²) in [5.41, 5.74) is 5.81. The molecule has 1 aromatic rings. The Morgan fingerprint density at radius 3 is 2.79 bits per heavy atom. The maximum Gasteiger partial charge on any atom is 0.336 e. The fourth-order valence-corrected chi connectivity index (χ4v) is 1.13. The predicted molar refractivity (Wildman–Crippen MR) is 50.5 cm³/mol. The third kappa shape index (κ3) is 1.97. The summed E-state index contributed by atoms with van der Waals surface area (Å²) in [7, 11) is 0. The van der Waals surface area contributed by atoms with Gasteiger partial charge in [-0.2, -0.15) is 0 Å². The molecule has 1 aromatic carbocycles.